The average molecular weight is 385 g/mol. The van der Waals surface area contributed by atoms with Crippen molar-refractivity contribution in [1.29, 1.82) is 5.41 Å². The van der Waals surface area contributed by atoms with Gasteiger partial charge < -0.3 is 11.1 Å². The summed E-state index contributed by atoms with van der Waals surface area (Å²) in [6, 6.07) is 20.3. The van der Waals surface area contributed by atoms with Crippen LogP contribution < -0.4 is 11.1 Å². The Morgan fingerprint density at radius 2 is 1.44 bits per heavy atom. The third kappa shape index (κ3) is 6.53. The van der Waals surface area contributed by atoms with Crippen LogP contribution in [0.1, 0.15) is 15.9 Å². The van der Waals surface area contributed by atoms with Gasteiger partial charge in [-0.2, -0.15) is 8.42 Å². The number of nitrogen functional groups attached to an aromatic ring is 1. The van der Waals surface area contributed by atoms with Crippen molar-refractivity contribution >= 4 is 38.3 Å². The van der Waals surface area contributed by atoms with Crippen molar-refractivity contribution in [2.75, 3.05) is 11.6 Å². The normalized spacial score (nSPS) is 10.6. The Morgan fingerprint density at radius 3 is 1.96 bits per heavy atom. The number of rotatable bonds is 3. The summed E-state index contributed by atoms with van der Waals surface area (Å²) in [5, 5.41) is 12.2. The largest absolute Gasteiger partial charge is 0.384 e. The maximum atomic E-state index is 12.3. The highest BCUT2D eigenvalue weighted by Crippen LogP contribution is 2.19. The molecule has 5 N–H and O–H groups in total. The van der Waals surface area contributed by atoms with Gasteiger partial charge in [0, 0.05) is 16.8 Å². The van der Waals surface area contributed by atoms with Crippen LogP contribution in [0.15, 0.2) is 66.7 Å². The van der Waals surface area contributed by atoms with Crippen molar-refractivity contribution in [3.63, 3.8) is 0 Å². The number of para-hydroxylation sites is 1. The Hall–Kier alpha value is -3.23. The topological polar surface area (TPSA) is 133 Å². The molecule has 0 saturated heterocycles. The highest BCUT2D eigenvalue weighted by atomic mass is 32.2. The minimum atomic E-state index is -3.67. The molecule has 7 nitrogen and oxygen atoms in total. The first-order chi connectivity index (χ1) is 12.6. The fourth-order valence-electron chi connectivity index (χ4n) is 2.28. The van der Waals surface area contributed by atoms with Crippen LogP contribution in [0.3, 0.4) is 0 Å². The van der Waals surface area contributed by atoms with Gasteiger partial charge in [-0.1, -0.05) is 36.4 Å². The Bertz CT molecular complexity index is 1070. The minimum absolute atomic E-state index is 0.0350. The van der Waals surface area contributed by atoms with Gasteiger partial charge in [-0.3, -0.25) is 14.8 Å². The molecule has 0 aliphatic rings. The van der Waals surface area contributed by atoms with Crippen LogP contribution in [0, 0.1) is 5.41 Å². The lowest BCUT2D eigenvalue weighted by atomic mass is 10.0. The summed E-state index contributed by atoms with van der Waals surface area (Å²) in [7, 11) is -3.67. The smallest absolute Gasteiger partial charge is 0.261 e. The molecule has 0 radical (unpaired) electrons. The summed E-state index contributed by atoms with van der Waals surface area (Å²) in [6.45, 7) is 0. The van der Waals surface area contributed by atoms with E-state index < -0.39 is 10.1 Å². The molecule has 1 amide bonds. The number of hydrogen-bond acceptors (Lipinski definition) is 4. The lowest BCUT2D eigenvalue weighted by Gasteiger charge is -2.07. The van der Waals surface area contributed by atoms with Gasteiger partial charge in [-0.15, -0.1) is 0 Å². The van der Waals surface area contributed by atoms with E-state index in [1.165, 1.54) is 0 Å². The number of fused-ring (bicyclic) bond motifs is 1. The molecule has 3 aromatic rings. The number of carbonyl (C=O) groups excluding carboxylic acids is 1. The van der Waals surface area contributed by atoms with Crippen molar-refractivity contribution in [2.45, 2.75) is 0 Å². The molecule has 0 heterocycles. The molecule has 0 saturated carbocycles. The lowest BCUT2D eigenvalue weighted by Crippen LogP contribution is -2.12. The molecular weight excluding hydrogens is 366 g/mol. The van der Waals surface area contributed by atoms with E-state index in [0.717, 1.165) is 16.5 Å². The van der Waals surface area contributed by atoms with Crippen LogP contribution >= 0.6 is 0 Å². The van der Waals surface area contributed by atoms with Gasteiger partial charge in [-0.25, -0.2) is 0 Å². The number of benzene rings is 3. The van der Waals surface area contributed by atoms with Gasteiger partial charge in [0.15, 0.2) is 0 Å². The Labute approximate surface area is 157 Å². The molecule has 0 aliphatic heterocycles. The molecule has 0 aromatic heterocycles. The fourth-order valence-corrected chi connectivity index (χ4v) is 2.28. The van der Waals surface area contributed by atoms with E-state index in [9.17, 15) is 13.2 Å². The molecule has 3 aromatic carbocycles. The third-order valence-corrected chi connectivity index (χ3v) is 3.45. The highest BCUT2D eigenvalue weighted by Gasteiger charge is 2.07. The molecular formula is C19H19N3O4S. The molecule has 0 atom stereocenters. The van der Waals surface area contributed by atoms with Crippen LogP contribution in [0.25, 0.3) is 10.8 Å². The van der Waals surface area contributed by atoms with Crippen molar-refractivity contribution in [3.8, 4) is 0 Å². The number of hydrogen-bond donors (Lipinski definition) is 4. The van der Waals surface area contributed by atoms with E-state index in [0.29, 0.717) is 17.4 Å². The molecule has 0 aliphatic carbocycles. The van der Waals surface area contributed by atoms with Crippen LogP contribution in [0.5, 0.6) is 0 Å². The van der Waals surface area contributed by atoms with Crippen LogP contribution in [0.2, 0.25) is 0 Å². The number of amidine groups is 1. The zero-order valence-corrected chi connectivity index (χ0v) is 15.3. The second-order valence-electron chi connectivity index (χ2n) is 5.74. The van der Waals surface area contributed by atoms with Gasteiger partial charge in [0.2, 0.25) is 0 Å². The van der Waals surface area contributed by atoms with Gasteiger partial charge in [0.05, 0.1) is 6.26 Å². The number of anilines is 1. The third-order valence-electron chi connectivity index (χ3n) is 3.45. The zero-order valence-electron chi connectivity index (χ0n) is 14.5. The summed E-state index contributed by atoms with van der Waals surface area (Å²) in [5.41, 5.74) is 7.52. The summed E-state index contributed by atoms with van der Waals surface area (Å²) < 4.78 is 25.9. The first kappa shape index (κ1) is 20.1. The summed E-state index contributed by atoms with van der Waals surface area (Å²) in [6.07, 6.45) is 0.715. The maximum Gasteiger partial charge on any atom is 0.261 e. The quantitative estimate of drug-likeness (QED) is 0.312. The number of nitrogens with two attached hydrogens (primary N) is 1. The van der Waals surface area contributed by atoms with Gasteiger partial charge in [0.1, 0.15) is 5.84 Å². The van der Waals surface area contributed by atoms with Gasteiger partial charge >= 0.3 is 0 Å². The lowest BCUT2D eigenvalue weighted by molar-refractivity contribution is 0.102. The summed E-state index contributed by atoms with van der Waals surface area (Å²) >= 11 is 0. The van der Waals surface area contributed by atoms with Crippen molar-refractivity contribution in [3.05, 3.63) is 77.9 Å². The monoisotopic (exact) mass is 385 g/mol. The zero-order chi connectivity index (χ0) is 20.0. The SMILES string of the molecule is CS(=O)(=O)O.N=C(N)c1ccc2cc(C(=O)Nc3ccccc3)ccc2c1. The molecule has 140 valence electrons. The van der Waals surface area contributed by atoms with Gasteiger partial charge in [0.25, 0.3) is 16.0 Å². The average Bonchev–Trinajstić information content (AvgIpc) is 2.60. The summed E-state index contributed by atoms with van der Waals surface area (Å²) in [4.78, 5) is 12.3. The molecule has 0 spiro atoms. The van der Waals surface area contributed by atoms with Crippen LogP contribution in [0.4, 0.5) is 5.69 Å². The predicted molar refractivity (Wildman–Crippen MR) is 107 cm³/mol. The highest BCUT2D eigenvalue weighted by molar-refractivity contribution is 7.85. The predicted octanol–water partition coefficient (Wildman–Crippen LogP) is 2.88. The standard InChI is InChI=1S/C18H15N3O.CH4O3S/c19-17(20)14-8-6-13-11-15(9-7-12(13)10-14)18(22)21-16-4-2-1-3-5-16;1-5(2,3)4/h1-11H,(H3,19,20)(H,21,22);1H3,(H,2,3,4). The van der Waals surface area contributed by atoms with Crippen molar-refractivity contribution in [2.24, 2.45) is 5.73 Å². The molecule has 27 heavy (non-hydrogen) atoms. The molecule has 0 unspecified atom stereocenters. The fraction of sp³-hybridized carbons (Fsp3) is 0.0526. The van der Waals surface area contributed by atoms with E-state index in [-0.39, 0.29) is 11.7 Å². The van der Waals surface area contributed by atoms with E-state index in [2.05, 4.69) is 5.32 Å². The van der Waals surface area contributed by atoms with Gasteiger partial charge in [-0.05, 0) is 41.1 Å². The number of nitrogens with one attached hydrogen (secondary N) is 2. The maximum absolute atomic E-state index is 12.3. The van der Waals surface area contributed by atoms with E-state index in [4.69, 9.17) is 15.7 Å². The number of amides is 1. The Kier molecular flexibility index (Phi) is 6.27. The molecule has 3 rings (SSSR count). The molecule has 0 bridgehead atoms. The van der Waals surface area contributed by atoms with Crippen molar-refractivity contribution < 1.29 is 17.8 Å². The minimum Gasteiger partial charge on any atom is -0.384 e. The first-order valence-corrected chi connectivity index (χ1v) is 9.65. The first-order valence-electron chi connectivity index (χ1n) is 7.80. The Balaban J connectivity index is 0.000000465. The van der Waals surface area contributed by atoms with E-state index >= 15 is 0 Å². The van der Waals surface area contributed by atoms with E-state index in [1.807, 2.05) is 54.6 Å². The van der Waals surface area contributed by atoms with Crippen molar-refractivity contribution in [1.82, 2.24) is 0 Å². The van der Waals surface area contributed by atoms with Crippen LogP contribution in [-0.4, -0.2) is 31.0 Å². The van der Waals surface area contributed by atoms with E-state index in [1.54, 1.807) is 12.1 Å². The second-order valence-corrected chi connectivity index (χ2v) is 7.21. The Morgan fingerprint density at radius 1 is 0.963 bits per heavy atom. The molecule has 0 fully saturated rings. The second kappa shape index (κ2) is 8.43. The van der Waals surface area contributed by atoms with Crippen LogP contribution in [-0.2, 0) is 10.1 Å². The summed E-state index contributed by atoms with van der Waals surface area (Å²) in [5.74, 6) is -0.114. The molecule has 8 heteroatoms. The number of carbonyl (C=O) groups is 1.